The van der Waals surface area contributed by atoms with E-state index in [0.717, 1.165) is 5.69 Å². The van der Waals surface area contributed by atoms with Crippen molar-refractivity contribution in [3.8, 4) is 5.69 Å². The summed E-state index contributed by atoms with van der Waals surface area (Å²) in [5.41, 5.74) is 1.68. The summed E-state index contributed by atoms with van der Waals surface area (Å²) in [6.07, 6.45) is 3.73. The van der Waals surface area contributed by atoms with Gasteiger partial charge in [-0.1, -0.05) is 6.07 Å². The van der Waals surface area contributed by atoms with E-state index in [-0.39, 0.29) is 10.6 Å². The van der Waals surface area contributed by atoms with Crippen molar-refractivity contribution < 1.29 is 4.92 Å². The first-order chi connectivity index (χ1) is 7.20. The molecule has 4 heteroatoms. The van der Waals surface area contributed by atoms with Crippen molar-refractivity contribution in [1.82, 2.24) is 4.57 Å². The SMILES string of the molecule is Cc1c(-n2cccc2)cccc1[N+](=O)[O-]. The van der Waals surface area contributed by atoms with E-state index in [1.54, 1.807) is 13.0 Å². The van der Waals surface area contributed by atoms with Gasteiger partial charge in [0.2, 0.25) is 0 Å². The molecule has 1 aromatic carbocycles. The highest BCUT2D eigenvalue weighted by molar-refractivity contribution is 5.52. The van der Waals surface area contributed by atoms with Gasteiger partial charge in [-0.25, -0.2) is 0 Å². The van der Waals surface area contributed by atoms with Crippen LogP contribution in [0.1, 0.15) is 5.56 Å². The molecule has 0 bridgehead atoms. The Morgan fingerprint density at radius 3 is 2.47 bits per heavy atom. The molecule has 0 aliphatic heterocycles. The highest BCUT2D eigenvalue weighted by Crippen LogP contribution is 2.23. The Morgan fingerprint density at radius 1 is 1.20 bits per heavy atom. The molecule has 0 saturated carbocycles. The molecule has 0 aliphatic rings. The second kappa shape index (κ2) is 3.57. The van der Waals surface area contributed by atoms with Gasteiger partial charge in [0.15, 0.2) is 0 Å². The number of hydrogen-bond acceptors (Lipinski definition) is 2. The topological polar surface area (TPSA) is 48.1 Å². The van der Waals surface area contributed by atoms with Crippen molar-refractivity contribution in [1.29, 1.82) is 0 Å². The lowest BCUT2D eigenvalue weighted by molar-refractivity contribution is -0.385. The van der Waals surface area contributed by atoms with Crippen molar-refractivity contribution in [2.45, 2.75) is 6.92 Å². The standard InChI is InChI=1S/C11H10N2O2/c1-9-10(12-7-2-3-8-12)5-4-6-11(9)13(14)15/h2-8H,1H3. The zero-order chi connectivity index (χ0) is 10.8. The Hall–Kier alpha value is -2.10. The van der Waals surface area contributed by atoms with E-state index >= 15 is 0 Å². The zero-order valence-electron chi connectivity index (χ0n) is 8.25. The molecule has 0 fully saturated rings. The number of benzene rings is 1. The van der Waals surface area contributed by atoms with Crippen LogP contribution in [0.3, 0.4) is 0 Å². The average Bonchev–Trinajstić information content (AvgIpc) is 2.70. The summed E-state index contributed by atoms with van der Waals surface area (Å²) < 4.78 is 1.86. The van der Waals surface area contributed by atoms with Crippen LogP contribution in [0.2, 0.25) is 0 Å². The molecule has 0 atom stereocenters. The summed E-state index contributed by atoms with van der Waals surface area (Å²) >= 11 is 0. The second-order valence-corrected chi connectivity index (χ2v) is 3.27. The zero-order valence-corrected chi connectivity index (χ0v) is 8.25. The van der Waals surface area contributed by atoms with Gasteiger partial charge in [-0.3, -0.25) is 10.1 Å². The number of hydrogen-bond donors (Lipinski definition) is 0. The van der Waals surface area contributed by atoms with Crippen molar-refractivity contribution in [2.24, 2.45) is 0 Å². The first kappa shape index (κ1) is 9.45. The molecule has 15 heavy (non-hydrogen) atoms. The molecule has 0 radical (unpaired) electrons. The minimum Gasteiger partial charge on any atom is -0.323 e. The molecule has 0 aliphatic carbocycles. The van der Waals surface area contributed by atoms with Gasteiger partial charge in [-0.15, -0.1) is 0 Å². The summed E-state index contributed by atoms with van der Waals surface area (Å²) in [4.78, 5) is 10.4. The van der Waals surface area contributed by atoms with Crippen LogP contribution in [0.5, 0.6) is 0 Å². The number of aromatic nitrogens is 1. The lowest BCUT2D eigenvalue weighted by atomic mass is 10.1. The molecule has 0 N–H and O–H groups in total. The fourth-order valence-electron chi connectivity index (χ4n) is 1.58. The summed E-state index contributed by atoms with van der Waals surface area (Å²) in [5.74, 6) is 0. The van der Waals surface area contributed by atoms with Crippen LogP contribution in [-0.4, -0.2) is 9.49 Å². The Kier molecular flexibility index (Phi) is 2.25. The van der Waals surface area contributed by atoms with Crippen LogP contribution in [0.25, 0.3) is 5.69 Å². The molecule has 0 unspecified atom stereocenters. The Morgan fingerprint density at radius 2 is 1.87 bits per heavy atom. The highest BCUT2D eigenvalue weighted by atomic mass is 16.6. The maximum absolute atomic E-state index is 10.7. The van der Waals surface area contributed by atoms with Crippen LogP contribution in [0, 0.1) is 17.0 Å². The molecule has 0 amide bonds. The molecule has 1 aromatic heterocycles. The fraction of sp³-hybridized carbons (Fsp3) is 0.0909. The van der Waals surface area contributed by atoms with Crippen LogP contribution >= 0.6 is 0 Å². The molecule has 0 spiro atoms. The summed E-state index contributed by atoms with van der Waals surface area (Å²) in [6.45, 7) is 1.76. The Bertz CT molecular complexity index is 489. The van der Waals surface area contributed by atoms with Crippen molar-refractivity contribution in [3.05, 3.63) is 58.4 Å². The highest BCUT2D eigenvalue weighted by Gasteiger charge is 2.13. The van der Waals surface area contributed by atoms with Crippen LogP contribution in [-0.2, 0) is 0 Å². The predicted octanol–water partition coefficient (Wildman–Crippen LogP) is 2.69. The normalized spacial score (nSPS) is 10.2. The van der Waals surface area contributed by atoms with Gasteiger partial charge in [0.1, 0.15) is 0 Å². The first-order valence-electron chi connectivity index (χ1n) is 4.57. The van der Waals surface area contributed by atoms with Crippen molar-refractivity contribution >= 4 is 5.69 Å². The lowest BCUT2D eigenvalue weighted by Gasteiger charge is -2.06. The number of rotatable bonds is 2. The van der Waals surface area contributed by atoms with E-state index in [0.29, 0.717) is 5.56 Å². The maximum atomic E-state index is 10.7. The van der Waals surface area contributed by atoms with Crippen molar-refractivity contribution in [3.63, 3.8) is 0 Å². The molecular formula is C11H10N2O2. The molecule has 1 heterocycles. The summed E-state index contributed by atoms with van der Waals surface area (Å²) in [5, 5.41) is 10.7. The van der Waals surface area contributed by atoms with E-state index < -0.39 is 0 Å². The van der Waals surface area contributed by atoms with E-state index in [9.17, 15) is 10.1 Å². The van der Waals surface area contributed by atoms with E-state index in [1.807, 2.05) is 35.2 Å². The predicted molar refractivity (Wildman–Crippen MR) is 57.2 cm³/mol. The van der Waals surface area contributed by atoms with E-state index in [4.69, 9.17) is 0 Å². The smallest absolute Gasteiger partial charge is 0.274 e. The van der Waals surface area contributed by atoms with Gasteiger partial charge in [0.25, 0.3) is 5.69 Å². The van der Waals surface area contributed by atoms with Gasteiger partial charge in [-0.05, 0) is 25.1 Å². The van der Waals surface area contributed by atoms with E-state index in [2.05, 4.69) is 0 Å². The van der Waals surface area contributed by atoms with Gasteiger partial charge in [0.05, 0.1) is 16.2 Å². The van der Waals surface area contributed by atoms with Crippen LogP contribution in [0.15, 0.2) is 42.7 Å². The Labute approximate surface area is 86.9 Å². The van der Waals surface area contributed by atoms with Crippen LogP contribution < -0.4 is 0 Å². The molecule has 2 aromatic rings. The summed E-state index contributed by atoms with van der Waals surface area (Å²) in [7, 11) is 0. The minimum absolute atomic E-state index is 0.154. The third kappa shape index (κ3) is 1.61. The maximum Gasteiger partial charge on any atom is 0.274 e. The number of nitro groups is 1. The quantitative estimate of drug-likeness (QED) is 0.555. The van der Waals surface area contributed by atoms with Crippen LogP contribution in [0.4, 0.5) is 5.69 Å². The van der Waals surface area contributed by atoms with Gasteiger partial charge in [0, 0.05) is 18.5 Å². The number of nitrogens with zero attached hydrogens (tertiary/aromatic N) is 2. The molecule has 2 rings (SSSR count). The minimum atomic E-state index is -0.359. The van der Waals surface area contributed by atoms with Gasteiger partial charge in [-0.2, -0.15) is 0 Å². The lowest BCUT2D eigenvalue weighted by Crippen LogP contribution is -1.98. The van der Waals surface area contributed by atoms with E-state index in [1.165, 1.54) is 6.07 Å². The molecule has 0 saturated heterocycles. The summed E-state index contributed by atoms with van der Waals surface area (Å²) in [6, 6.07) is 8.85. The van der Waals surface area contributed by atoms with Gasteiger partial charge < -0.3 is 4.57 Å². The monoisotopic (exact) mass is 202 g/mol. The van der Waals surface area contributed by atoms with Gasteiger partial charge >= 0.3 is 0 Å². The molecule has 4 nitrogen and oxygen atoms in total. The third-order valence-electron chi connectivity index (χ3n) is 2.36. The molecule has 76 valence electrons. The largest absolute Gasteiger partial charge is 0.323 e. The molecular weight excluding hydrogens is 192 g/mol. The third-order valence-corrected chi connectivity index (χ3v) is 2.36. The second-order valence-electron chi connectivity index (χ2n) is 3.27. The van der Waals surface area contributed by atoms with Crippen molar-refractivity contribution in [2.75, 3.05) is 0 Å². The number of nitro benzene ring substituents is 1. The first-order valence-corrected chi connectivity index (χ1v) is 4.57. The Balaban J connectivity index is 2.59. The average molecular weight is 202 g/mol. The fourth-order valence-corrected chi connectivity index (χ4v) is 1.58.